The fourth-order valence-corrected chi connectivity index (χ4v) is 2.31. The van der Waals surface area contributed by atoms with E-state index in [9.17, 15) is 9.18 Å². The number of carbonyl (C=O) groups excluding carboxylic acids is 1. The standard InChI is InChI=1S/C15H17FN2O3S/c1-2-3-8-20-9-10-21-15(19)14-13(17-18-22-14)11-4-6-12(16)7-5-11/h4-7H,2-3,8-10H2,1H3. The first-order valence-corrected chi connectivity index (χ1v) is 7.83. The number of unbranched alkanes of at least 4 members (excludes halogenated alkanes) is 1. The molecule has 0 saturated heterocycles. The highest BCUT2D eigenvalue weighted by Crippen LogP contribution is 2.24. The Hall–Kier alpha value is -1.86. The van der Waals surface area contributed by atoms with Crippen molar-refractivity contribution in [1.82, 2.24) is 9.59 Å². The van der Waals surface area contributed by atoms with Crippen LogP contribution in [0.25, 0.3) is 11.3 Å². The van der Waals surface area contributed by atoms with E-state index in [1.807, 2.05) is 0 Å². The molecule has 0 unspecified atom stereocenters. The number of nitrogens with zero attached hydrogens (tertiary/aromatic N) is 2. The molecule has 1 aromatic heterocycles. The van der Waals surface area contributed by atoms with Gasteiger partial charge in [0.1, 0.15) is 18.1 Å². The van der Waals surface area contributed by atoms with Crippen LogP contribution in [0.3, 0.4) is 0 Å². The molecule has 1 aromatic carbocycles. The Balaban J connectivity index is 1.91. The predicted molar refractivity (Wildman–Crippen MR) is 81.3 cm³/mol. The molecule has 0 spiro atoms. The minimum atomic E-state index is -0.492. The van der Waals surface area contributed by atoms with E-state index in [0.29, 0.717) is 29.3 Å². The van der Waals surface area contributed by atoms with Gasteiger partial charge in [-0.1, -0.05) is 17.8 Å². The Morgan fingerprint density at radius 3 is 2.73 bits per heavy atom. The predicted octanol–water partition coefficient (Wildman–Crippen LogP) is 3.32. The topological polar surface area (TPSA) is 61.3 Å². The molecule has 0 amide bonds. The van der Waals surface area contributed by atoms with Crippen LogP contribution in [-0.4, -0.2) is 35.4 Å². The highest BCUT2D eigenvalue weighted by Gasteiger charge is 2.19. The second-order valence-electron chi connectivity index (χ2n) is 4.56. The first-order valence-electron chi connectivity index (χ1n) is 7.05. The molecule has 0 radical (unpaired) electrons. The lowest BCUT2D eigenvalue weighted by Gasteiger charge is -2.05. The van der Waals surface area contributed by atoms with Gasteiger partial charge in [-0.25, -0.2) is 9.18 Å². The van der Waals surface area contributed by atoms with Gasteiger partial charge in [-0.2, -0.15) is 0 Å². The van der Waals surface area contributed by atoms with Gasteiger partial charge in [0.25, 0.3) is 0 Å². The Morgan fingerprint density at radius 1 is 1.23 bits per heavy atom. The SMILES string of the molecule is CCCCOCCOC(=O)c1snnc1-c1ccc(F)cc1. The van der Waals surface area contributed by atoms with Gasteiger partial charge < -0.3 is 9.47 Å². The number of halogens is 1. The molecule has 22 heavy (non-hydrogen) atoms. The van der Waals surface area contributed by atoms with Gasteiger partial charge in [0.2, 0.25) is 0 Å². The van der Waals surface area contributed by atoms with Crippen LogP contribution in [0.1, 0.15) is 29.4 Å². The molecule has 2 rings (SSSR count). The van der Waals surface area contributed by atoms with Crippen LogP contribution in [0.15, 0.2) is 24.3 Å². The molecular weight excluding hydrogens is 307 g/mol. The number of aromatic nitrogens is 2. The molecule has 0 bridgehead atoms. The van der Waals surface area contributed by atoms with Crippen LogP contribution >= 0.6 is 11.5 Å². The normalized spacial score (nSPS) is 10.6. The van der Waals surface area contributed by atoms with Crippen molar-refractivity contribution in [3.8, 4) is 11.3 Å². The first-order chi connectivity index (χ1) is 10.7. The van der Waals surface area contributed by atoms with E-state index < -0.39 is 5.97 Å². The molecule has 2 aromatic rings. The van der Waals surface area contributed by atoms with Crippen LogP contribution in [0.4, 0.5) is 4.39 Å². The number of benzene rings is 1. The average molecular weight is 324 g/mol. The van der Waals surface area contributed by atoms with E-state index in [0.717, 1.165) is 24.4 Å². The number of hydrogen-bond acceptors (Lipinski definition) is 6. The van der Waals surface area contributed by atoms with Crippen molar-refractivity contribution >= 4 is 17.5 Å². The molecule has 5 nitrogen and oxygen atoms in total. The number of rotatable bonds is 8. The highest BCUT2D eigenvalue weighted by molar-refractivity contribution is 7.08. The maximum absolute atomic E-state index is 12.9. The van der Waals surface area contributed by atoms with Crippen LogP contribution in [-0.2, 0) is 9.47 Å². The van der Waals surface area contributed by atoms with Crippen molar-refractivity contribution in [2.45, 2.75) is 19.8 Å². The first kappa shape index (κ1) is 16.5. The van der Waals surface area contributed by atoms with Crippen LogP contribution in [0.2, 0.25) is 0 Å². The minimum Gasteiger partial charge on any atom is -0.459 e. The number of hydrogen-bond donors (Lipinski definition) is 0. The summed E-state index contributed by atoms with van der Waals surface area (Å²) in [4.78, 5) is 12.3. The zero-order chi connectivity index (χ0) is 15.8. The molecule has 1 heterocycles. The van der Waals surface area contributed by atoms with Crippen molar-refractivity contribution in [3.05, 3.63) is 35.0 Å². The van der Waals surface area contributed by atoms with E-state index >= 15 is 0 Å². The van der Waals surface area contributed by atoms with Crippen molar-refractivity contribution in [3.63, 3.8) is 0 Å². The van der Waals surface area contributed by atoms with Gasteiger partial charge in [0, 0.05) is 12.2 Å². The van der Waals surface area contributed by atoms with E-state index in [2.05, 4.69) is 16.5 Å². The molecule has 0 aliphatic heterocycles. The molecule has 0 aliphatic rings. The summed E-state index contributed by atoms with van der Waals surface area (Å²) in [5, 5.41) is 3.92. The number of ether oxygens (including phenoxy) is 2. The van der Waals surface area contributed by atoms with Crippen molar-refractivity contribution in [2.75, 3.05) is 19.8 Å². The lowest BCUT2D eigenvalue weighted by molar-refractivity contribution is 0.0319. The summed E-state index contributed by atoms with van der Waals surface area (Å²) in [5.74, 6) is -0.839. The molecule has 118 valence electrons. The highest BCUT2D eigenvalue weighted by atomic mass is 32.1. The lowest BCUT2D eigenvalue weighted by atomic mass is 10.1. The summed E-state index contributed by atoms with van der Waals surface area (Å²) < 4.78 is 27.2. The lowest BCUT2D eigenvalue weighted by Crippen LogP contribution is -2.11. The second-order valence-corrected chi connectivity index (χ2v) is 5.31. The van der Waals surface area contributed by atoms with Gasteiger partial charge in [0.05, 0.1) is 6.61 Å². The van der Waals surface area contributed by atoms with Gasteiger partial charge >= 0.3 is 5.97 Å². The minimum absolute atomic E-state index is 0.184. The van der Waals surface area contributed by atoms with E-state index in [1.54, 1.807) is 12.1 Å². The van der Waals surface area contributed by atoms with Gasteiger partial charge in [0.15, 0.2) is 4.88 Å². The van der Waals surface area contributed by atoms with E-state index in [1.165, 1.54) is 12.1 Å². The Labute approximate surface area is 132 Å². The van der Waals surface area contributed by atoms with E-state index in [-0.39, 0.29) is 12.4 Å². The van der Waals surface area contributed by atoms with Gasteiger partial charge in [-0.3, -0.25) is 0 Å². The molecule has 7 heteroatoms. The molecule has 0 saturated carbocycles. The molecule has 0 atom stereocenters. The molecular formula is C15H17FN2O3S. The van der Waals surface area contributed by atoms with Crippen LogP contribution in [0, 0.1) is 5.82 Å². The quantitative estimate of drug-likeness (QED) is 0.550. The Bertz CT molecular complexity index is 601. The molecule has 0 fully saturated rings. The maximum Gasteiger partial charge on any atom is 0.352 e. The number of esters is 1. The van der Waals surface area contributed by atoms with Crippen LogP contribution in [0.5, 0.6) is 0 Å². The summed E-state index contributed by atoms with van der Waals surface area (Å²) >= 11 is 0.958. The molecule has 0 aliphatic carbocycles. The molecule has 0 N–H and O–H groups in total. The van der Waals surface area contributed by atoms with Crippen molar-refractivity contribution in [1.29, 1.82) is 0 Å². The zero-order valence-corrected chi connectivity index (χ0v) is 13.1. The largest absolute Gasteiger partial charge is 0.459 e. The third-order valence-corrected chi connectivity index (χ3v) is 3.60. The third-order valence-electron chi connectivity index (χ3n) is 2.89. The fourth-order valence-electron chi connectivity index (χ4n) is 1.73. The zero-order valence-electron chi connectivity index (χ0n) is 12.3. The summed E-state index contributed by atoms with van der Waals surface area (Å²) in [7, 11) is 0. The maximum atomic E-state index is 12.9. The summed E-state index contributed by atoms with van der Waals surface area (Å²) in [6.07, 6.45) is 2.05. The Morgan fingerprint density at radius 2 is 2.00 bits per heavy atom. The Kier molecular flexibility index (Phi) is 6.42. The number of carbonyl (C=O) groups is 1. The summed E-state index contributed by atoms with van der Waals surface area (Å²) in [6.45, 7) is 3.29. The summed E-state index contributed by atoms with van der Waals surface area (Å²) in [6, 6.07) is 5.73. The third kappa shape index (κ3) is 4.57. The van der Waals surface area contributed by atoms with Crippen LogP contribution < -0.4 is 0 Å². The fraction of sp³-hybridized carbons (Fsp3) is 0.400. The van der Waals surface area contributed by atoms with Gasteiger partial charge in [-0.15, -0.1) is 5.10 Å². The average Bonchev–Trinajstić information content (AvgIpc) is 3.01. The van der Waals surface area contributed by atoms with Crippen molar-refractivity contribution < 1.29 is 18.7 Å². The summed E-state index contributed by atoms with van der Waals surface area (Å²) in [5.41, 5.74) is 1.03. The van der Waals surface area contributed by atoms with Crippen molar-refractivity contribution in [2.24, 2.45) is 0 Å². The van der Waals surface area contributed by atoms with Gasteiger partial charge in [-0.05, 0) is 42.2 Å². The smallest absolute Gasteiger partial charge is 0.352 e. The monoisotopic (exact) mass is 324 g/mol. The second kappa shape index (κ2) is 8.55. The van der Waals surface area contributed by atoms with E-state index in [4.69, 9.17) is 9.47 Å².